The quantitative estimate of drug-likeness (QED) is 0.162. The minimum Gasteiger partial charge on any atom is -0.507 e. The molecule has 2 aromatic carbocycles. The van der Waals surface area contributed by atoms with E-state index in [1.807, 2.05) is 24.3 Å². The Hall–Kier alpha value is -5.06. The third-order valence-corrected chi connectivity index (χ3v) is 6.07. The molecule has 0 aliphatic heterocycles. The van der Waals surface area contributed by atoms with Crippen molar-refractivity contribution in [1.82, 2.24) is 9.55 Å². The van der Waals surface area contributed by atoms with E-state index in [1.54, 1.807) is 12.1 Å². The van der Waals surface area contributed by atoms with Gasteiger partial charge in [0.15, 0.2) is 11.9 Å². The molecule has 1 N–H and O–H groups in total. The monoisotopic (exact) mass is 544 g/mol. The first-order valence-corrected chi connectivity index (χ1v) is 12.4. The molecule has 0 radical (unpaired) electrons. The van der Waals surface area contributed by atoms with Crippen LogP contribution < -0.4 is 4.74 Å². The zero-order valence-corrected chi connectivity index (χ0v) is 22.2. The highest BCUT2D eigenvalue weighted by Crippen LogP contribution is 2.25. The number of carbonyl (C=O) groups is 2. The summed E-state index contributed by atoms with van der Waals surface area (Å²) < 4.78 is 12.9. The number of esters is 1. The zero-order valence-electron chi connectivity index (χ0n) is 22.2. The number of hydrogen-bond donors (Lipinski definition) is 1. The predicted octanol–water partition coefficient (Wildman–Crippen LogP) is 5.05. The Morgan fingerprint density at radius 1 is 1.15 bits per heavy atom. The Morgan fingerprint density at radius 3 is 2.45 bits per heavy atom. The molecule has 1 atom stereocenters. The number of nitro groups is 1. The van der Waals surface area contributed by atoms with Gasteiger partial charge in [-0.1, -0.05) is 37.9 Å². The van der Waals surface area contributed by atoms with Crippen molar-refractivity contribution in [3.05, 3.63) is 106 Å². The van der Waals surface area contributed by atoms with Crippen molar-refractivity contribution in [1.29, 1.82) is 0 Å². The van der Waals surface area contributed by atoms with Gasteiger partial charge in [-0.05, 0) is 64.5 Å². The highest BCUT2D eigenvalue weighted by Gasteiger charge is 2.24. The van der Waals surface area contributed by atoms with Gasteiger partial charge >= 0.3 is 11.9 Å². The lowest BCUT2D eigenvalue weighted by Crippen LogP contribution is -2.30. The Bertz CT molecular complexity index is 1490. The first-order valence-electron chi connectivity index (χ1n) is 12.4. The number of ether oxygens (including phenoxy) is 2. The smallest absolute Gasteiger partial charge is 0.434 e. The van der Waals surface area contributed by atoms with Gasteiger partial charge in [0.2, 0.25) is 0 Å². The van der Waals surface area contributed by atoms with Crippen molar-refractivity contribution in [3.8, 4) is 5.75 Å². The molecule has 3 aromatic rings. The minimum absolute atomic E-state index is 0.0258. The third kappa shape index (κ3) is 6.87. The lowest BCUT2D eigenvalue weighted by atomic mass is 9.87. The van der Waals surface area contributed by atoms with Crippen molar-refractivity contribution < 1.29 is 29.1 Å². The lowest BCUT2D eigenvalue weighted by Gasteiger charge is -2.20. The molecule has 1 heterocycles. The molecule has 1 aromatic heterocycles. The fourth-order valence-electron chi connectivity index (χ4n) is 3.83. The van der Waals surface area contributed by atoms with Crippen molar-refractivity contribution in [2.45, 2.75) is 38.8 Å². The highest BCUT2D eigenvalue weighted by molar-refractivity contribution is 6.21. The van der Waals surface area contributed by atoms with Gasteiger partial charge in [0.05, 0.1) is 16.8 Å². The van der Waals surface area contributed by atoms with Crippen LogP contribution in [0.25, 0.3) is 0 Å². The summed E-state index contributed by atoms with van der Waals surface area (Å²) >= 11 is 0. The van der Waals surface area contributed by atoms with E-state index in [4.69, 9.17) is 9.47 Å². The molecule has 11 nitrogen and oxygen atoms in total. The fraction of sp³-hybridized carbons (Fsp3) is 0.241. The molecule has 0 saturated carbocycles. The maximum atomic E-state index is 13.0. The second-order valence-electron chi connectivity index (χ2n) is 10.1. The van der Waals surface area contributed by atoms with Gasteiger partial charge in [-0.3, -0.25) is 9.79 Å². The molecular formula is C29H28N4O7. The van der Waals surface area contributed by atoms with Gasteiger partial charge in [-0.2, -0.15) is 0 Å². The number of nitrogens with zero attached hydrogens (tertiary/aromatic N) is 4. The van der Waals surface area contributed by atoms with Crippen LogP contribution in [0.5, 0.6) is 5.75 Å². The first-order chi connectivity index (χ1) is 19.0. The van der Waals surface area contributed by atoms with E-state index in [2.05, 4.69) is 30.7 Å². The van der Waals surface area contributed by atoms with Crippen molar-refractivity contribution in [3.63, 3.8) is 0 Å². The van der Waals surface area contributed by atoms with Crippen LogP contribution in [-0.2, 0) is 21.5 Å². The van der Waals surface area contributed by atoms with Gasteiger partial charge in [-0.25, -0.2) is 9.36 Å². The molecule has 11 heteroatoms. The number of benzene rings is 2. The van der Waals surface area contributed by atoms with Crippen LogP contribution in [0.2, 0.25) is 0 Å². The second kappa shape index (κ2) is 11.8. The van der Waals surface area contributed by atoms with Gasteiger partial charge in [0.1, 0.15) is 37.1 Å². The number of aromatic nitrogens is 2. The molecule has 0 bridgehead atoms. The van der Waals surface area contributed by atoms with Gasteiger partial charge in [0, 0.05) is 6.21 Å². The molecule has 40 heavy (non-hydrogen) atoms. The van der Waals surface area contributed by atoms with Gasteiger partial charge in [-0.15, -0.1) is 0 Å². The van der Waals surface area contributed by atoms with Crippen LogP contribution in [0.15, 0.2) is 89.4 Å². The fourth-order valence-corrected chi connectivity index (χ4v) is 3.83. The summed E-state index contributed by atoms with van der Waals surface area (Å²) in [6, 6.07) is 13.7. The van der Waals surface area contributed by atoms with Crippen molar-refractivity contribution >= 4 is 29.6 Å². The first kappa shape index (κ1) is 28.0. The summed E-state index contributed by atoms with van der Waals surface area (Å²) in [7, 11) is 0. The molecule has 206 valence electrons. The topological polar surface area (TPSA) is 146 Å². The molecule has 4 rings (SSSR count). The third-order valence-electron chi connectivity index (χ3n) is 6.07. The Balaban J connectivity index is 1.46. The summed E-state index contributed by atoms with van der Waals surface area (Å²) in [5.74, 6) is -0.989. The number of carbonyl (C=O) groups excluding carboxylic acids is 2. The standard InChI is InChI=1S/C29H28N4O7/c1-29(2,3)20-6-10-22(11-7-20)39-18-23(17-32-15-14-30-28(32)33(37)38)40-27(36)19-4-8-21(9-5-19)31-16-24-25(34)12-13-26(24)35/h4-16,23,34H,17-18H2,1-3H3/t23-/m0/s1. The Labute approximate surface area is 230 Å². The molecule has 0 spiro atoms. The average Bonchev–Trinajstić information content (AvgIpc) is 3.51. The molecule has 0 saturated heterocycles. The number of rotatable bonds is 10. The van der Waals surface area contributed by atoms with E-state index in [0.717, 1.165) is 5.56 Å². The number of imidazole rings is 1. The van der Waals surface area contributed by atoms with Gasteiger partial charge in [0.25, 0.3) is 0 Å². The zero-order chi connectivity index (χ0) is 28.9. The summed E-state index contributed by atoms with van der Waals surface area (Å²) in [5, 5.41) is 21.0. The van der Waals surface area contributed by atoms with Crippen molar-refractivity contribution in [2.75, 3.05) is 6.61 Å². The van der Waals surface area contributed by atoms with E-state index < -0.39 is 17.0 Å². The number of aliphatic imine (C=N–C) groups is 1. The summed E-state index contributed by atoms with van der Waals surface area (Å²) in [6.45, 7) is 6.20. The molecule has 1 aliphatic carbocycles. The van der Waals surface area contributed by atoms with Crippen LogP contribution in [0.1, 0.15) is 36.7 Å². The number of aliphatic hydroxyl groups excluding tert-OH is 1. The summed E-state index contributed by atoms with van der Waals surface area (Å²) in [6.07, 6.45) is 5.65. The summed E-state index contributed by atoms with van der Waals surface area (Å²) in [4.78, 5) is 43.3. The number of hydrogen-bond acceptors (Lipinski definition) is 9. The predicted molar refractivity (Wildman–Crippen MR) is 147 cm³/mol. The maximum Gasteiger partial charge on any atom is 0.434 e. The number of aliphatic hydroxyl groups is 1. The number of ketones is 1. The molecule has 0 amide bonds. The highest BCUT2D eigenvalue weighted by atomic mass is 16.6. The largest absolute Gasteiger partial charge is 0.507 e. The Kier molecular flexibility index (Phi) is 8.23. The van der Waals surface area contributed by atoms with Crippen LogP contribution in [0.3, 0.4) is 0 Å². The van der Waals surface area contributed by atoms with E-state index in [9.17, 15) is 24.8 Å². The van der Waals surface area contributed by atoms with Crippen molar-refractivity contribution in [2.24, 2.45) is 4.99 Å². The van der Waals surface area contributed by atoms with Crippen LogP contribution in [0, 0.1) is 10.1 Å². The van der Waals surface area contributed by atoms with E-state index in [0.29, 0.717) is 11.4 Å². The van der Waals surface area contributed by atoms with E-state index >= 15 is 0 Å². The SMILES string of the molecule is CC(C)(C)c1ccc(OC[C@H](Cn2ccnc2[N+](=O)[O-])OC(=O)c2ccc(N=CC3=C(O)C=CC3=O)cc2)cc1. The van der Waals surface area contributed by atoms with Crippen LogP contribution >= 0.6 is 0 Å². The minimum atomic E-state index is -0.879. The normalized spacial score (nSPS) is 14.1. The molecule has 0 unspecified atom stereocenters. The average molecular weight is 545 g/mol. The summed E-state index contributed by atoms with van der Waals surface area (Å²) in [5.41, 5.74) is 1.85. The van der Waals surface area contributed by atoms with Gasteiger partial charge < -0.3 is 24.7 Å². The number of allylic oxidation sites excluding steroid dienone is 3. The van der Waals surface area contributed by atoms with E-state index in [1.165, 1.54) is 47.5 Å². The van der Waals surface area contributed by atoms with Crippen LogP contribution in [0.4, 0.5) is 11.6 Å². The molecule has 1 aliphatic rings. The Morgan fingerprint density at radius 2 is 1.85 bits per heavy atom. The maximum absolute atomic E-state index is 13.0. The molecule has 0 fully saturated rings. The van der Waals surface area contributed by atoms with E-state index in [-0.39, 0.29) is 47.2 Å². The molecular weight excluding hydrogens is 516 g/mol. The van der Waals surface area contributed by atoms with Crippen LogP contribution in [-0.4, -0.2) is 50.3 Å². The lowest BCUT2D eigenvalue weighted by molar-refractivity contribution is -0.397. The second-order valence-corrected chi connectivity index (χ2v) is 10.1.